The second-order valence-electron chi connectivity index (χ2n) is 5.08. The monoisotopic (exact) mass is 274 g/mol. The first-order valence-corrected chi connectivity index (χ1v) is 6.88. The van der Waals surface area contributed by atoms with Crippen molar-refractivity contribution in [3.8, 4) is 0 Å². The molecule has 0 saturated heterocycles. The summed E-state index contributed by atoms with van der Waals surface area (Å²) in [6.07, 6.45) is 4.36. The molecule has 0 radical (unpaired) electrons. The molecule has 0 saturated carbocycles. The van der Waals surface area contributed by atoms with Gasteiger partial charge in [-0.25, -0.2) is 0 Å². The summed E-state index contributed by atoms with van der Waals surface area (Å²) in [5.74, 6) is 0.0261. The zero-order chi connectivity index (χ0) is 13.9. The zero-order valence-corrected chi connectivity index (χ0v) is 11.2. The summed E-state index contributed by atoms with van der Waals surface area (Å²) in [6.45, 7) is 0.902. The molecule has 0 spiro atoms. The van der Waals surface area contributed by atoms with Crippen molar-refractivity contribution in [3.05, 3.63) is 41.3 Å². The molecule has 5 heteroatoms. The molecule has 1 aliphatic heterocycles. The maximum atomic E-state index is 12.1. The first kappa shape index (κ1) is 12.8. The quantitative estimate of drug-likeness (QED) is 0.804. The number of hydrogen-bond donors (Lipinski definition) is 2. The Labute approximate surface area is 117 Å². The lowest BCUT2D eigenvalue weighted by atomic mass is 9.87. The first-order chi connectivity index (χ1) is 9.74. The molecule has 0 aromatic heterocycles. The molecular formula is C15H18N2O3. The Hall–Kier alpha value is -2.17. The zero-order valence-electron chi connectivity index (χ0n) is 11.2. The normalized spacial score (nSPS) is 21.0. The molecule has 1 aromatic carbocycles. The molecule has 3 rings (SSSR count). The summed E-state index contributed by atoms with van der Waals surface area (Å²) >= 11 is 0. The van der Waals surface area contributed by atoms with E-state index in [4.69, 9.17) is 15.2 Å². The molecule has 20 heavy (non-hydrogen) atoms. The van der Waals surface area contributed by atoms with Gasteiger partial charge in [-0.15, -0.1) is 0 Å². The average molecular weight is 274 g/mol. The topological polar surface area (TPSA) is 73.6 Å². The minimum Gasteiger partial charge on any atom is -0.494 e. The Morgan fingerprint density at radius 1 is 1.35 bits per heavy atom. The van der Waals surface area contributed by atoms with Gasteiger partial charge in [0.15, 0.2) is 0 Å². The fraction of sp³-hybridized carbons (Fsp3) is 0.400. The summed E-state index contributed by atoms with van der Waals surface area (Å²) in [6, 6.07) is 5.88. The van der Waals surface area contributed by atoms with Gasteiger partial charge in [0.25, 0.3) is 5.91 Å². The minimum absolute atomic E-state index is 0.0123. The van der Waals surface area contributed by atoms with Gasteiger partial charge in [-0.3, -0.25) is 4.79 Å². The van der Waals surface area contributed by atoms with Gasteiger partial charge in [0.05, 0.1) is 6.04 Å². The van der Waals surface area contributed by atoms with Gasteiger partial charge < -0.3 is 20.5 Å². The SMILES string of the molecule is Nc1ccc2c(c1)CCCC2NC(=O)C1=COCCO1. The number of carbonyl (C=O) groups excluding carboxylic acids is 1. The van der Waals surface area contributed by atoms with Crippen molar-refractivity contribution >= 4 is 11.6 Å². The number of rotatable bonds is 2. The molecule has 1 heterocycles. The Morgan fingerprint density at radius 2 is 2.25 bits per heavy atom. The molecule has 0 bridgehead atoms. The van der Waals surface area contributed by atoms with Crippen molar-refractivity contribution in [2.75, 3.05) is 18.9 Å². The molecule has 0 fully saturated rings. The standard InChI is InChI=1S/C15H18N2O3/c16-11-4-5-12-10(8-11)2-1-3-13(12)17-15(18)14-9-19-6-7-20-14/h4-5,8-9,13H,1-3,6-7,16H2,(H,17,18). The van der Waals surface area contributed by atoms with Crippen LogP contribution < -0.4 is 11.1 Å². The number of hydrogen-bond acceptors (Lipinski definition) is 4. The molecule has 106 valence electrons. The van der Waals surface area contributed by atoms with Crippen LogP contribution in [0.1, 0.15) is 30.0 Å². The van der Waals surface area contributed by atoms with Crippen LogP contribution in [0, 0.1) is 0 Å². The van der Waals surface area contributed by atoms with Crippen LogP contribution in [-0.4, -0.2) is 19.1 Å². The summed E-state index contributed by atoms with van der Waals surface area (Å²) in [7, 11) is 0. The number of nitrogens with one attached hydrogen (secondary N) is 1. The third kappa shape index (κ3) is 2.57. The summed E-state index contributed by atoms with van der Waals surface area (Å²) in [5.41, 5.74) is 8.95. The minimum atomic E-state index is -0.223. The van der Waals surface area contributed by atoms with Crippen LogP contribution in [0.5, 0.6) is 0 Å². The predicted octanol–water partition coefficient (Wildman–Crippen LogP) is 1.65. The van der Waals surface area contributed by atoms with E-state index in [1.807, 2.05) is 18.2 Å². The lowest BCUT2D eigenvalue weighted by Crippen LogP contribution is -2.33. The fourth-order valence-electron chi connectivity index (χ4n) is 2.70. The highest BCUT2D eigenvalue weighted by atomic mass is 16.6. The molecule has 1 unspecified atom stereocenters. The molecule has 1 aromatic rings. The van der Waals surface area contributed by atoms with Crippen LogP contribution in [0.25, 0.3) is 0 Å². The average Bonchev–Trinajstić information content (AvgIpc) is 2.48. The molecule has 5 nitrogen and oxygen atoms in total. The van der Waals surface area contributed by atoms with E-state index in [1.54, 1.807) is 0 Å². The number of ether oxygens (including phenoxy) is 2. The van der Waals surface area contributed by atoms with Crippen molar-refractivity contribution in [1.82, 2.24) is 5.32 Å². The van der Waals surface area contributed by atoms with E-state index in [0.29, 0.717) is 13.2 Å². The summed E-state index contributed by atoms with van der Waals surface area (Å²) in [4.78, 5) is 12.1. The fourth-order valence-corrected chi connectivity index (χ4v) is 2.70. The highest BCUT2D eigenvalue weighted by molar-refractivity contribution is 5.91. The van der Waals surface area contributed by atoms with Gasteiger partial charge in [-0.2, -0.15) is 0 Å². The predicted molar refractivity (Wildman–Crippen MR) is 74.7 cm³/mol. The Morgan fingerprint density at radius 3 is 3.05 bits per heavy atom. The largest absolute Gasteiger partial charge is 0.494 e. The maximum Gasteiger partial charge on any atom is 0.290 e. The number of amides is 1. The van der Waals surface area contributed by atoms with Crippen molar-refractivity contribution in [2.24, 2.45) is 0 Å². The summed E-state index contributed by atoms with van der Waals surface area (Å²) in [5, 5.41) is 3.01. The van der Waals surface area contributed by atoms with Crippen LogP contribution in [-0.2, 0) is 20.7 Å². The third-order valence-corrected chi connectivity index (χ3v) is 3.66. The van der Waals surface area contributed by atoms with Gasteiger partial charge in [-0.05, 0) is 42.5 Å². The van der Waals surface area contributed by atoms with Crippen molar-refractivity contribution in [2.45, 2.75) is 25.3 Å². The van der Waals surface area contributed by atoms with Crippen molar-refractivity contribution in [1.29, 1.82) is 0 Å². The number of nitrogens with two attached hydrogens (primary N) is 1. The number of fused-ring (bicyclic) bond motifs is 1. The first-order valence-electron chi connectivity index (χ1n) is 6.88. The summed E-state index contributed by atoms with van der Waals surface area (Å²) < 4.78 is 10.4. The molecule has 1 aliphatic carbocycles. The van der Waals surface area contributed by atoms with Gasteiger partial charge in [0, 0.05) is 5.69 Å². The van der Waals surface area contributed by atoms with Crippen molar-refractivity contribution in [3.63, 3.8) is 0 Å². The third-order valence-electron chi connectivity index (χ3n) is 3.66. The van der Waals surface area contributed by atoms with Crippen LogP contribution in [0.2, 0.25) is 0 Å². The number of benzene rings is 1. The van der Waals surface area contributed by atoms with Crippen LogP contribution in [0.15, 0.2) is 30.2 Å². The smallest absolute Gasteiger partial charge is 0.290 e. The second-order valence-corrected chi connectivity index (χ2v) is 5.08. The highest BCUT2D eigenvalue weighted by Gasteiger charge is 2.24. The molecule has 2 aliphatic rings. The molecule has 1 atom stereocenters. The Bertz CT molecular complexity index is 554. The number of aryl methyl sites for hydroxylation is 1. The van der Waals surface area contributed by atoms with E-state index < -0.39 is 0 Å². The molecule has 1 amide bonds. The highest BCUT2D eigenvalue weighted by Crippen LogP contribution is 2.31. The Kier molecular flexibility index (Phi) is 3.50. The van der Waals surface area contributed by atoms with Gasteiger partial charge in [0.1, 0.15) is 19.5 Å². The number of carbonyl (C=O) groups is 1. The van der Waals surface area contributed by atoms with E-state index in [1.165, 1.54) is 11.8 Å². The molecule has 3 N–H and O–H groups in total. The second kappa shape index (κ2) is 5.45. The lowest BCUT2D eigenvalue weighted by Gasteiger charge is -2.27. The van der Waals surface area contributed by atoms with E-state index >= 15 is 0 Å². The number of nitrogen functional groups attached to an aromatic ring is 1. The maximum absolute atomic E-state index is 12.1. The van der Waals surface area contributed by atoms with E-state index in [0.717, 1.165) is 30.5 Å². The van der Waals surface area contributed by atoms with Gasteiger partial charge in [-0.1, -0.05) is 6.07 Å². The van der Waals surface area contributed by atoms with Crippen molar-refractivity contribution < 1.29 is 14.3 Å². The Balaban J connectivity index is 1.76. The number of anilines is 1. The van der Waals surface area contributed by atoms with Crippen LogP contribution in [0.3, 0.4) is 0 Å². The van der Waals surface area contributed by atoms with E-state index in [-0.39, 0.29) is 17.7 Å². The van der Waals surface area contributed by atoms with Gasteiger partial charge >= 0.3 is 0 Å². The lowest BCUT2D eigenvalue weighted by molar-refractivity contribution is -0.123. The molecular weight excluding hydrogens is 256 g/mol. The van der Waals surface area contributed by atoms with Gasteiger partial charge in [0.2, 0.25) is 5.76 Å². The van der Waals surface area contributed by atoms with E-state index in [2.05, 4.69) is 5.32 Å². The van der Waals surface area contributed by atoms with Crippen LogP contribution >= 0.6 is 0 Å². The van der Waals surface area contributed by atoms with Crippen LogP contribution in [0.4, 0.5) is 5.69 Å². The van der Waals surface area contributed by atoms with E-state index in [9.17, 15) is 4.79 Å².